The van der Waals surface area contributed by atoms with Gasteiger partial charge in [0.05, 0.1) is 44.7 Å². The fourth-order valence-electron chi connectivity index (χ4n) is 3.41. The summed E-state index contributed by atoms with van der Waals surface area (Å²) < 4.78 is 51.8. The van der Waals surface area contributed by atoms with Crippen LogP contribution in [-0.4, -0.2) is 79.4 Å². The molecule has 8 nitrogen and oxygen atoms in total. The molecule has 30 heavy (non-hydrogen) atoms. The summed E-state index contributed by atoms with van der Waals surface area (Å²) in [4.78, 5) is 7.70. The minimum absolute atomic E-state index is 0.0466. The second-order valence-electron chi connectivity index (χ2n) is 7.28. The van der Waals surface area contributed by atoms with E-state index in [0.717, 1.165) is 12.3 Å². The molecule has 0 unspecified atom stereocenters. The van der Waals surface area contributed by atoms with E-state index in [0.29, 0.717) is 52.7 Å². The Morgan fingerprint density at radius 2 is 2.00 bits per heavy atom. The van der Waals surface area contributed by atoms with Crippen molar-refractivity contribution in [2.24, 2.45) is 0 Å². The molecule has 3 heterocycles. The van der Waals surface area contributed by atoms with Crippen LogP contribution in [0, 0.1) is 5.41 Å². The zero-order valence-corrected chi connectivity index (χ0v) is 16.8. The summed E-state index contributed by atoms with van der Waals surface area (Å²) in [5.41, 5.74) is 4.65. The highest BCUT2D eigenvalue weighted by Gasteiger charge is 2.35. The van der Waals surface area contributed by atoms with Crippen LogP contribution in [0.4, 0.5) is 19.0 Å². The number of alkyl halides is 3. The number of anilines is 1. The van der Waals surface area contributed by atoms with Gasteiger partial charge in [0.25, 0.3) is 0 Å². The number of nitrogens with zero attached hydrogens (tertiary/aromatic N) is 3. The van der Waals surface area contributed by atoms with Crippen LogP contribution in [0.3, 0.4) is 0 Å². The number of hydrogen-bond donors (Lipinski definition) is 3. The number of nitrogens with two attached hydrogens (primary N) is 1. The van der Waals surface area contributed by atoms with Gasteiger partial charge in [0.15, 0.2) is 0 Å². The minimum atomic E-state index is -4.61. The first-order chi connectivity index (χ1) is 14.3. The van der Waals surface area contributed by atoms with Gasteiger partial charge in [0.2, 0.25) is 0 Å². The Labute approximate surface area is 173 Å². The van der Waals surface area contributed by atoms with Crippen molar-refractivity contribution in [2.45, 2.75) is 19.1 Å². The fraction of sp³-hybridized carbons (Fsp3) is 0.579. The zero-order chi connectivity index (χ0) is 21.7. The highest BCUT2D eigenvalue weighted by Crippen LogP contribution is 2.35. The van der Waals surface area contributed by atoms with Gasteiger partial charge in [-0.25, -0.2) is 4.98 Å². The Kier molecular flexibility index (Phi) is 7.16. The Hall–Kier alpha value is -2.37. The SMILES string of the molecule is C[C@H]1COCCN1C(=N)/C=C(\NCN1CCOCC1)c1cnc(N)cc1C(F)(F)F. The number of pyridine rings is 1. The van der Waals surface area contributed by atoms with Crippen LogP contribution >= 0.6 is 0 Å². The minimum Gasteiger partial charge on any atom is -0.384 e. The van der Waals surface area contributed by atoms with Gasteiger partial charge in [-0.3, -0.25) is 10.3 Å². The van der Waals surface area contributed by atoms with Crippen molar-refractivity contribution >= 4 is 17.4 Å². The van der Waals surface area contributed by atoms with Crippen molar-refractivity contribution in [2.75, 3.05) is 58.5 Å². The molecule has 0 radical (unpaired) electrons. The van der Waals surface area contributed by atoms with Gasteiger partial charge in [0, 0.05) is 43.2 Å². The summed E-state index contributed by atoms with van der Waals surface area (Å²) in [7, 11) is 0. The molecule has 2 aliphatic rings. The lowest BCUT2D eigenvalue weighted by molar-refractivity contribution is -0.137. The molecule has 11 heteroatoms. The monoisotopic (exact) mass is 428 g/mol. The van der Waals surface area contributed by atoms with Crippen LogP contribution < -0.4 is 11.1 Å². The third kappa shape index (κ3) is 5.61. The molecule has 0 amide bonds. The van der Waals surface area contributed by atoms with E-state index in [9.17, 15) is 13.2 Å². The summed E-state index contributed by atoms with van der Waals surface area (Å²) in [6.45, 7) is 6.14. The van der Waals surface area contributed by atoms with E-state index in [2.05, 4.69) is 10.3 Å². The Morgan fingerprint density at radius 3 is 2.67 bits per heavy atom. The van der Waals surface area contributed by atoms with Crippen LogP contribution in [-0.2, 0) is 15.7 Å². The van der Waals surface area contributed by atoms with Crippen molar-refractivity contribution in [1.82, 2.24) is 20.1 Å². The maximum Gasteiger partial charge on any atom is 0.417 e. The predicted octanol–water partition coefficient (Wildman–Crippen LogP) is 1.60. The maximum atomic E-state index is 13.7. The number of morpholine rings is 2. The van der Waals surface area contributed by atoms with Gasteiger partial charge < -0.3 is 25.4 Å². The van der Waals surface area contributed by atoms with Crippen molar-refractivity contribution in [1.29, 1.82) is 5.41 Å². The smallest absolute Gasteiger partial charge is 0.384 e. The summed E-state index contributed by atoms with van der Waals surface area (Å²) in [5.74, 6) is -0.101. The van der Waals surface area contributed by atoms with Gasteiger partial charge >= 0.3 is 6.18 Å². The fourth-order valence-corrected chi connectivity index (χ4v) is 3.41. The van der Waals surface area contributed by atoms with E-state index >= 15 is 0 Å². The quantitative estimate of drug-likeness (QED) is 0.484. The zero-order valence-electron chi connectivity index (χ0n) is 16.8. The number of nitrogens with one attached hydrogen (secondary N) is 2. The van der Waals surface area contributed by atoms with Gasteiger partial charge in [-0.2, -0.15) is 13.2 Å². The van der Waals surface area contributed by atoms with Gasteiger partial charge in [-0.15, -0.1) is 0 Å². The molecule has 0 spiro atoms. The number of halogens is 3. The molecule has 0 aliphatic carbocycles. The molecule has 2 fully saturated rings. The second-order valence-corrected chi connectivity index (χ2v) is 7.28. The maximum absolute atomic E-state index is 13.7. The third-order valence-corrected chi connectivity index (χ3v) is 5.08. The normalized spacial score (nSPS) is 21.5. The highest BCUT2D eigenvalue weighted by atomic mass is 19.4. The van der Waals surface area contributed by atoms with E-state index in [-0.39, 0.29) is 29.0 Å². The van der Waals surface area contributed by atoms with Crippen molar-refractivity contribution in [3.05, 3.63) is 29.5 Å². The second kappa shape index (κ2) is 9.63. The molecule has 2 aliphatic heterocycles. The van der Waals surface area contributed by atoms with Gasteiger partial charge in [0.1, 0.15) is 11.7 Å². The molecule has 166 valence electrons. The summed E-state index contributed by atoms with van der Waals surface area (Å²) in [6, 6.07) is 0.773. The van der Waals surface area contributed by atoms with E-state index in [4.69, 9.17) is 20.6 Å². The molecule has 0 saturated carbocycles. The standard InChI is InChI=1S/C19H27F3N6O2/c1-13-11-30-7-4-28(13)18(24)9-16(26-12-27-2-5-29-6-3-27)14-10-25-17(23)8-15(14)19(20,21)22/h8-10,13,24,26H,2-7,11-12H2,1H3,(H2,23,25)/b16-9-,24-18?/t13-/m0/s1. The Bertz CT molecular complexity index is 780. The van der Waals surface area contributed by atoms with Crippen LogP contribution in [0.15, 0.2) is 18.3 Å². The average Bonchev–Trinajstić information content (AvgIpc) is 2.71. The molecule has 1 atom stereocenters. The lowest BCUT2D eigenvalue weighted by Gasteiger charge is -2.34. The molecular formula is C19H27F3N6O2. The van der Waals surface area contributed by atoms with E-state index in [1.807, 2.05) is 11.8 Å². The Balaban J connectivity index is 1.92. The number of hydrogen-bond acceptors (Lipinski definition) is 7. The molecule has 1 aromatic rings. The summed E-state index contributed by atoms with van der Waals surface area (Å²) in [6.07, 6.45) is -2.09. The molecule has 0 bridgehead atoms. The Morgan fingerprint density at radius 1 is 1.30 bits per heavy atom. The van der Waals surface area contributed by atoms with Crippen molar-refractivity contribution in [3.8, 4) is 0 Å². The van der Waals surface area contributed by atoms with Crippen molar-refractivity contribution in [3.63, 3.8) is 0 Å². The topological polar surface area (TPSA) is 99.7 Å². The first kappa shape index (κ1) is 22.3. The molecular weight excluding hydrogens is 401 g/mol. The summed E-state index contributed by atoms with van der Waals surface area (Å²) >= 11 is 0. The summed E-state index contributed by atoms with van der Waals surface area (Å²) in [5, 5.41) is 11.6. The molecule has 3 rings (SSSR count). The highest BCUT2D eigenvalue weighted by molar-refractivity contribution is 5.97. The number of ether oxygens (including phenoxy) is 2. The van der Waals surface area contributed by atoms with Gasteiger partial charge in [-0.05, 0) is 13.0 Å². The number of rotatable bonds is 5. The van der Waals surface area contributed by atoms with E-state index in [1.54, 1.807) is 4.90 Å². The number of nitrogen functional groups attached to an aromatic ring is 1. The predicted molar refractivity (Wildman–Crippen MR) is 107 cm³/mol. The van der Waals surface area contributed by atoms with Crippen LogP contribution in [0.2, 0.25) is 0 Å². The largest absolute Gasteiger partial charge is 0.417 e. The first-order valence-electron chi connectivity index (χ1n) is 9.77. The van der Waals surface area contributed by atoms with Crippen LogP contribution in [0.5, 0.6) is 0 Å². The van der Waals surface area contributed by atoms with Crippen LogP contribution in [0.25, 0.3) is 5.70 Å². The van der Waals surface area contributed by atoms with Gasteiger partial charge in [-0.1, -0.05) is 0 Å². The average molecular weight is 428 g/mol. The first-order valence-corrected chi connectivity index (χ1v) is 9.77. The molecule has 1 aromatic heterocycles. The lowest BCUT2D eigenvalue weighted by Crippen LogP contribution is -2.46. The van der Waals surface area contributed by atoms with E-state index in [1.165, 1.54) is 6.08 Å². The van der Waals surface area contributed by atoms with E-state index < -0.39 is 11.7 Å². The molecule has 0 aromatic carbocycles. The van der Waals surface area contributed by atoms with Crippen LogP contribution in [0.1, 0.15) is 18.1 Å². The lowest BCUT2D eigenvalue weighted by atomic mass is 10.1. The number of amidine groups is 1. The van der Waals surface area contributed by atoms with Crippen molar-refractivity contribution < 1.29 is 22.6 Å². The number of aromatic nitrogens is 1. The molecule has 4 N–H and O–H groups in total. The third-order valence-electron chi connectivity index (χ3n) is 5.08. The molecule has 2 saturated heterocycles.